The molecule has 1 aliphatic carbocycles. The third-order valence-corrected chi connectivity index (χ3v) is 3.81. The molecule has 0 bridgehead atoms. The van der Waals surface area contributed by atoms with E-state index in [4.69, 9.17) is 9.15 Å². The van der Waals surface area contributed by atoms with Crippen molar-refractivity contribution in [1.29, 1.82) is 0 Å². The summed E-state index contributed by atoms with van der Waals surface area (Å²) in [4.78, 5) is 0. The fourth-order valence-corrected chi connectivity index (χ4v) is 2.43. The first kappa shape index (κ1) is 13.0. The third kappa shape index (κ3) is 5.15. The van der Waals surface area contributed by atoms with E-state index in [1.165, 1.54) is 12.8 Å². The maximum absolute atomic E-state index is 5.75. The average Bonchev–Trinajstić information content (AvgIpc) is 3.06. The minimum atomic E-state index is 0.743. The molecule has 4 heteroatoms. The highest BCUT2D eigenvalue weighted by molar-refractivity contribution is 7.98. The van der Waals surface area contributed by atoms with Gasteiger partial charge in [-0.05, 0) is 37.1 Å². The molecular weight excluding hydrogens is 234 g/mol. The number of methoxy groups -OCH3 is 1. The second-order valence-electron chi connectivity index (χ2n) is 4.42. The van der Waals surface area contributed by atoms with Gasteiger partial charge >= 0.3 is 0 Å². The van der Waals surface area contributed by atoms with Gasteiger partial charge < -0.3 is 14.5 Å². The zero-order valence-corrected chi connectivity index (χ0v) is 11.2. The van der Waals surface area contributed by atoms with Crippen LogP contribution in [0.2, 0.25) is 0 Å². The van der Waals surface area contributed by atoms with Crippen LogP contribution in [0, 0.1) is 0 Å². The Labute approximate surface area is 107 Å². The van der Waals surface area contributed by atoms with Crippen molar-refractivity contribution >= 4 is 11.8 Å². The van der Waals surface area contributed by atoms with Crippen LogP contribution < -0.4 is 5.32 Å². The number of rotatable bonds is 9. The van der Waals surface area contributed by atoms with E-state index in [0.717, 1.165) is 48.6 Å². The molecule has 1 fully saturated rings. The molecule has 0 unspecified atom stereocenters. The van der Waals surface area contributed by atoms with Gasteiger partial charge in [-0.3, -0.25) is 0 Å². The molecule has 0 atom stereocenters. The Kier molecular flexibility index (Phi) is 5.42. The van der Waals surface area contributed by atoms with Gasteiger partial charge in [-0.2, -0.15) is 11.8 Å². The highest BCUT2D eigenvalue weighted by atomic mass is 32.2. The number of hydrogen-bond acceptors (Lipinski definition) is 4. The number of thioether (sulfide) groups is 1. The molecule has 0 spiro atoms. The van der Waals surface area contributed by atoms with Gasteiger partial charge in [0, 0.05) is 19.8 Å². The lowest BCUT2D eigenvalue weighted by atomic mass is 10.4. The first-order valence-corrected chi connectivity index (χ1v) is 7.41. The summed E-state index contributed by atoms with van der Waals surface area (Å²) in [5.41, 5.74) is 0. The molecule has 2 rings (SSSR count). The zero-order chi connectivity index (χ0) is 11.9. The number of furan rings is 1. The molecule has 1 aromatic rings. The molecule has 1 N–H and O–H groups in total. The number of ether oxygens (including phenoxy) is 1. The van der Waals surface area contributed by atoms with E-state index in [0.29, 0.717) is 0 Å². The summed E-state index contributed by atoms with van der Waals surface area (Å²) in [6.45, 7) is 1.72. The topological polar surface area (TPSA) is 34.4 Å². The van der Waals surface area contributed by atoms with Gasteiger partial charge in [0.25, 0.3) is 0 Å². The van der Waals surface area contributed by atoms with E-state index >= 15 is 0 Å². The lowest BCUT2D eigenvalue weighted by molar-refractivity contribution is 0.200. The highest BCUT2D eigenvalue weighted by Crippen LogP contribution is 2.20. The van der Waals surface area contributed by atoms with Gasteiger partial charge in [0.2, 0.25) is 0 Å². The van der Waals surface area contributed by atoms with Crippen LogP contribution in [0.25, 0.3) is 0 Å². The van der Waals surface area contributed by atoms with Crippen molar-refractivity contribution in [2.24, 2.45) is 0 Å². The molecule has 0 amide bonds. The Morgan fingerprint density at radius 1 is 1.41 bits per heavy atom. The summed E-state index contributed by atoms with van der Waals surface area (Å²) in [6.07, 6.45) is 3.75. The van der Waals surface area contributed by atoms with E-state index in [1.807, 2.05) is 11.8 Å². The minimum Gasteiger partial charge on any atom is -0.464 e. The maximum Gasteiger partial charge on any atom is 0.118 e. The molecule has 0 radical (unpaired) electrons. The van der Waals surface area contributed by atoms with E-state index in [1.54, 1.807) is 7.11 Å². The van der Waals surface area contributed by atoms with Gasteiger partial charge in [0.05, 0.1) is 12.3 Å². The van der Waals surface area contributed by atoms with Crippen molar-refractivity contribution in [1.82, 2.24) is 5.32 Å². The molecule has 1 saturated carbocycles. The van der Waals surface area contributed by atoms with Crippen LogP contribution >= 0.6 is 11.8 Å². The fraction of sp³-hybridized carbons (Fsp3) is 0.692. The molecule has 96 valence electrons. The molecule has 0 saturated heterocycles. The van der Waals surface area contributed by atoms with Crippen LogP contribution in [0.3, 0.4) is 0 Å². The Bertz CT molecular complexity index is 323. The molecule has 3 nitrogen and oxygen atoms in total. The van der Waals surface area contributed by atoms with Crippen LogP contribution in [0.4, 0.5) is 0 Å². The Morgan fingerprint density at radius 2 is 2.24 bits per heavy atom. The molecule has 1 aromatic heterocycles. The largest absolute Gasteiger partial charge is 0.464 e. The highest BCUT2D eigenvalue weighted by Gasteiger charge is 2.20. The molecule has 0 aliphatic heterocycles. The number of hydrogen-bond donors (Lipinski definition) is 1. The quantitative estimate of drug-likeness (QED) is 0.688. The summed E-state index contributed by atoms with van der Waals surface area (Å²) in [6, 6.07) is 4.92. The second-order valence-corrected chi connectivity index (χ2v) is 5.53. The first-order valence-electron chi connectivity index (χ1n) is 6.26. The third-order valence-electron chi connectivity index (χ3n) is 2.74. The van der Waals surface area contributed by atoms with Crippen molar-refractivity contribution < 1.29 is 9.15 Å². The standard InChI is InChI=1S/C13H21NO2S/c1-15-7-2-8-17-10-13-6-5-12(16-13)9-14-11-3-4-11/h5-6,11,14H,2-4,7-10H2,1H3. The van der Waals surface area contributed by atoms with Crippen molar-refractivity contribution in [3.8, 4) is 0 Å². The van der Waals surface area contributed by atoms with Crippen LogP contribution in [-0.4, -0.2) is 25.5 Å². The summed E-state index contributed by atoms with van der Waals surface area (Å²) in [5, 5.41) is 3.45. The smallest absolute Gasteiger partial charge is 0.118 e. The van der Waals surface area contributed by atoms with Gasteiger partial charge in [-0.15, -0.1) is 0 Å². The summed E-state index contributed by atoms with van der Waals surface area (Å²) < 4.78 is 10.8. The Hall–Kier alpha value is -0.450. The summed E-state index contributed by atoms with van der Waals surface area (Å²) in [5.74, 6) is 4.24. The van der Waals surface area contributed by atoms with Gasteiger partial charge in [0.15, 0.2) is 0 Å². The van der Waals surface area contributed by atoms with E-state index in [9.17, 15) is 0 Å². The Morgan fingerprint density at radius 3 is 3.00 bits per heavy atom. The molecule has 17 heavy (non-hydrogen) atoms. The lowest BCUT2D eigenvalue weighted by Crippen LogP contribution is -2.14. The Balaban J connectivity index is 1.59. The first-order chi connectivity index (χ1) is 8.38. The maximum atomic E-state index is 5.75. The minimum absolute atomic E-state index is 0.743. The van der Waals surface area contributed by atoms with Crippen LogP contribution in [0.1, 0.15) is 30.8 Å². The van der Waals surface area contributed by atoms with E-state index in [-0.39, 0.29) is 0 Å². The van der Waals surface area contributed by atoms with Gasteiger partial charge in [-0.1, -0.05) is 0 Å². The number of nitrogens with one attached hydrogen (secondary N) is 1. The average molecular weight is 255 g/mol. The monoisotopic (exact) mass is 255 g/mol. The summed E-state index contributed by atoms with van der Waals surface area (Å²) in [7, 11) is 1.75. The second kappa shape index (κ2) is 7.09. The van der Waals surface area contributed by atoms with Crippen molar-refractivity contribution in [3.63, 3.8) is 0 Å². The van der Waals surface area contributed by atoms with E-state index in [2.05, 4.69) is 17.4 Å². The summed E-state index contributed by atoms with van der Waals surface area (Å²) >= 11 is 1.90. The van der Waals surface area contributed by atoms with Gasteiger partial charge in [-0.25, -0.2) is 0 Å². The van der Waals surface area contributed by atoms with Crippen molar-refractivity contribution in [3.05, 3.63) is 23.7 Å². The lowest BCUT2D eigenvalue weighted by Gasteiger charge is -2.00. The van der Waals surface area contributed by atoms with Gasteiger partial charge in [0.1, 0.15) is 11.5 Å². The normalized spacial score (nSPS) is 15.4. The van der Waals surface area contributed by atoms with Crippen LogP contribution in [0.5, 0.6) is 0 Å². The SMILES string of the molecule is COCCCSCc1ccc(CNC2CC2)o1. The van der Waals surface area contributed by atoms with Crippen molar-refractivity contribution in [2.75, 3.05) is 19.5 Å². The fourth-order valence-electron chi connectivity index (χ4n) is 1.61. The molecular formula is C13H21NO2S. The molecule has 1 heterocycles. The predicted molar refractivity (Wildman–Crippen MR) is 71.2 cm³/mol. The molecule has 0 aromatic carbocycles. The zero-order valence-electron chi connectivity index (χ0n) is 10.4. The van der Waals surface area contributed by atoms with Crippen LogP contribution in [0.15, 0.2) is 16.5 Å². The molecule has 1 aliphatic rings. The van der Waals surface area contributed by atoms with Crippen LogP contribution in [-0.2, 0) is 17.0 Å². The predicted octanol–water partition coefficient (Wildman–Crippen LogP) is 2.80. The van der Waals surface area contributed by atoms with E-state index < -0.39 is 0 Å². The van der Waals surface area contributed by atoms with Crippen molar-refractivity contribution in [2.45, 2.75) is 37.6 Å².